The van der Waals surface area contributed by atoms with Crippen molar-refractivity contribution in [2.45, 2.75) is 66.2 Å². The third-order valence-corrected chi connectivity index (χ3v) is 3.38. The van der Waals surface area contributed by atoms with Crippen LogP contribution in [0.5, 0.6) is 5.75 Å². The van der Waals surface area contributed by atoms with Crippen LogP contribution < -0.4 is 10.1 Å². The predicted molar refractivity (Wildman–Crippen MR) is 82.6 cm³/mol. The van der Waals surface area contributed by atoms with Gasteiger partial charge in [-0.2, -0.15) is 0 Å². The summed E-state index contributed by atoms with van der Waals surface area (Å²) in [5, 5.41) is 3.59. The van der Waals surface area contributed by atoms with E-state index in [9.17, 15) is 0 Å². The third-order valence-electron chi connectivity index (χ3n) is 3.38. The SMILES string of the molecule is CCC(C)CC(C)NCc1cccc(OC(C)C)c1. The molecule has 0 aliphatic heterocycles. The van der Waals surface area contributed by atoms with E-state index in [1.165, 1.54) is 18.4 Å². The fourth-order valence-electron chi connectivity index (χ4n) is 2.15. The zero-order valence-electron chi connectivity index (χ0n) is 13.1. The summed E-state index contributed by atoms with van der Waals surface area (Å²) < 4.78 is 5.72. The summed E-state index contributed by atoms with van der Waals surface area (Å²) in [6.45, 7) is 11.9. The van der Waals surface area contributed by atoms with Crippen LogP contribution in [0.15, 0.2) is 24.3 Å². The fraction of sp³-hybridized carbons (Fsp3) is 0.647. The standard InChI is InChI=1S/C17H29NO/c1-6-14(4)10-15(5)18-12-16-8-7-9-17(11-16)19-13(2)3/h7-9,11,13-15,18H,6,10,12H2,1-5H3. The summed E-state index contributed by atoms with van der Waals surface area (Å²) in [6, 6.07) is 8.92. The van der Waals surface area contributed by atoms with Gasteiger partial charge in [-0.15, -0.1) is 0 Å². The van der Waals surface area contributed by atoms with Crippen LogP contribution in [0.2, 0.25) is 0 Å². The van der Waals surface area contributed by atoms with Crippen molar-refractivity contribution in [3.05, 3.63) is 29.8 Å². The Morgan fingerprint density at radius 3 is 2.53 bits per heavy atom. The van der Waals surface area contributed by atoms with Crippen molar-refractivity contribution in [1.82, 2.24) is 5.32 Å². The minimum atomic E-state index is 0.229. The number of ether oxygens (including phenoxy) is 1. The summed E-state index contributed by atoms with van der Waals surface area (Å²) in [7, 11) is 0. The molecule has 0 saturated carbocycles. The maximum absolute atomic E-state index is 5.72. The van der Waals surface area contributed by atoms with Crippen molar-refractivity contribution in [2.24, 2.45) is 5.92 Å². The van der Waals surface area contributed by atoms with Crippen molar-refractivity contribution in [2.75, 3.05) is 0 Å². The van der Waals surface area contributed by atoms with Crippen LogP contribution in [0.3, 0.4) is 0 Å². The van der Waals surface area contributed by atoms with E-state index >= 15 is 0 Å². The molecule has 2 heteroatoms. The van der Waals surface area contributed by atoms with Gasteiger partial charge in [0.25, 0.3) is 0 Å². The van der Waals surface area contributed by atoms with Crippen LogP contribution in [-0.4, -0.2) is 12.1 Å². The molecule has 19 heavy (non-hydrogen) atoms. The molecule has 0 fully saturated rings. The lowest BCUT2D eigenvalue weighted by Gasteiger charge is -2.18. The molecule has 1 aromatic rings. The van der Waals surface area contributed by atoms with Crippen molar-refractivity contribution in [3.63, 3.8) is 0 Å². The molecule has 2 unspecified atom stereocenters. The van der Waals surface area contributed by atoms with Gasteiger partial charge in [-0.3, -0.25) is 0 Å². The quantitative estimate of drug-likeness (QED) is 0.751. The van der Waals surface area contributed by atoms with Crippen LogP contribution >= 0.6 is 0 Å². The van der Waals surface area contributed by atoms with E-state index in [4.69, 9.17) is 4.74 Å². The van der Waals surface area contributed by atoms with Crippen molar-refractivity contribution in [3.8, 4) is 5.75 Å². The Balaban J connectivity index is 2.44. The maximum atomic E-state index is 5.72. The largest absolute Gasteiger partial charge is 0.491 e. The Labute approximate surface area is 118 Å². The average Bonchev–Trinajstić information content (AvgIpc) is 2.36. The molecule has 0 bridgehead atoms. The molecule has 0 saturated heterocycles. The first-order valence-corrected chi connectivity index (χ1v) is 7.50. The third kappa shape index (κ3) is 6.63. The number of benzene rings is 1. The maximum Gasteiger partial charge on any atom is 0.120 e. The highest BCUT2D eigenvalue weighted by molar-refractivity contribution is 5.28. The predicted octanol–water partition coefficient (Wildman–Crippen LogP) is 4.39. The highest BCUT2D eigenvalue weighted by Gasteiger charge is 2.07. The summed E-state index contributed by atoms with van der Waals surface area (Å²) in [4.78, 5) is 0. The van der Waals surface area contributed by atoms with Gasteiger partial charge in [0.2, 0.25) is 0 Å². The lowest BCUT2D eigenvalue weighted by Crippen LogP contribution is -2.27. The first-order chi connectivity index (χ1) is 9.01. The topological polar surface area (TPSA) is 21.3 Å². The second-order valence-corrected chi connectivity index (χ2v) is 5.85. The van der Waals surface area contributed by atoms with Crippen LogP contribution in [0.4, 0.5) is 0 Å². The zero-order chi connectivity index (χ0) is 14.3. The molecule has 1 rings (SSSR count). The molecule has 0 spiro atoms. The van der Waals surface area contributed by atoms with E-state index in [-0.39, 0.29) is 6.10 Å². The normalized spacial score (nSPS) is 14.4. The smallest absolute Gasteiger partial charge is 0.120 e. The fourth-order valence-corrected chi connectivity index (χ4v) is 2.15. The molecule has 1 N–H and O–H groups in total. The van der Waals surface area contributed by atoms with Crippen LogP contribution in [0, 0.1) is 5.92 Å². The summed E-state index contributed by atoms with van der Waals surface area (Å²) >= 11 is 0. The number of rotatable bonds is 8. The molecular formula is C17H29NO. The summed E-state index contributed by atoms with van der Waals surface area (Å²) in [6.07, 6.45) is 2.72. The lowest BCUT2D eigenvalue weighted by atomic mass is 10.0. The first kappa shape index (κ1) is 16.0. The molecule has 0 aliphatic carbocycles. The minimum Gasteiger partial charge on any atom is -0.491 e. The van der Waals surface area contributed by atoms with Gasteiger partial charge >= 0.3 is 0 Å². The number of hydrogen-bond donors (Lipinski definition) is 1. The van der Waals surface area contributed by atoms with E-state index in [0.29, 0.717) is 6.04 Å². The van der Waals surface area contributed by atoms with E-state index in [2.05, 4.69) is 58.1 Å². The van der Waals surface area contributed by atoms with Gasteiger partial charge in [-0.05, 0) is 50.8 Å². The van der Waals surface area contributed by atoms with E-state index in [0.717, 1.165) is 18.2 Å². The van der Waals surface area contributed by atoms with E-state index in [1.807, 2.05) is 6.07 Å². The van der Waals surface area contributed by atoms with Gasteiger partial charge < -0.3 is 10.1 Å². The lowest BCUT2D eigenvalue weighted by molar-refractivity contribution is 0.242. The summed E-state index contributed by atoms with van der Waals surface area (Å²) in [5.74, 6) is 1.75. The number of hydrogen-bond acceptors (Lipinski definition) is 2. The van der Waals surface area contributed by atoms with Gasteiger partial charge in [0, 0.05) is 12.6 Å². The monoisotopic (exact) mass is 263 g/mol. The Morgan fingerprint density at radius 1 is 1.16 bits per heavy atom. The Morgan fingerprint density at radius 2 is 1.89 bits per heavy atom. The second kappa shape index (κ2) is 8.21. The minimum absolute atomic E-state index is 0.229. The van der Waals surface area contributed by atoms with Gasteiger partial charge in [-0.25, -0.2) is 0 Å². The van der Waals surface area contributed by atoms with Gasteiger partial charge in [-0.1, -0.05) is 32.4 Å². The highest BCUT2D eigenvalue weighted by atomic mass is 16.5. The van der Waals surface area contributed by atoms with E-state index < -0.39 is 0 Å². The van der Waals surface area contributed by atoms with Gasteiger partial charge in [0.05, 0.1) is 6.10 Å². The van der Waals surface area contributed by atoms with Crippen molar-refractivity contribution in [1.29, 1.82) is 0 Å². The van der Waals surface area contributed by atoms with Crippen LogP contribution in [0.25, 0.3) is 0 Å². The molecule has 108 valence electrons. The molecule has 0 aliphatic rings. The molecule has 1 aromatic carbocycles. The highest BCUT2D eigenvalue weighted by Crippen LogP contribution is 2.15. The van der Waals surface area contributed by atoms with E-state index in [1.54, 1.807) is 0 Å². The molecule has 2 nitrogen and oxygen atoms in total. The second-order valence-electron chi connectivity index (χ2n) is 5.85. The zero-order valence-corrected chi connectivity index (χ0v) is 13.1. The molecule has 0 radical (unpaired) electrons. The molecular weight excluding hydrogens is 234 g/mol. The van der Waals surface area contributed by atoms with Gasteiger partial charge in [0.1, 0.15) is 5.75 Å². The molecule has 0 heterocycles. The molecule has 0 amide bonds. The van der Waals surface area contributed by atoms with Crippen LogP contribution in [-0.2, 0) is 6.54 Å². The van der Waals surface area contributed by atoms with Crippen molar-refractivity contribution < 1.29 is 4.74 Å². The number of nitrogens with one attached hydrogen (secondary N) is 1. The first-order valence-electron chi connectivity index (χ1n) is 7.50. The molecule has 0 aromatic heterocycles. The molecule has 2 atom stereocenters. The van der Waals surface area contributed by atoms with Crippen molar-refractivity contribution >= 4 is 0 Å². The Bertz CT molecular complexity index is 362. The Kier molecular flexibility index (Phi) is 6.93. The summed E-state index contributed by atoms with van der Waals surface area (Å²) in [5.41, 5.74) is 1.29. The Hall–Kier alpha value is -1.02. The van der Waals surface area contributed by atoms with Gasteiger partial charge in [0.15, 0.2) is 0 Å². The van der Waals surface area contributed by atoms with Crippen LogP contribution in [0.1, 0.15) is 53.0 Å². The average molecular weight is 263 g/mol.